The molecule has 0 bridgehead atoms. The molecule has 2 aliphatic heterocycles. The van der Waals surface area contributed by atoms with E-state index in [1.54, 1.807) is 0 Å². The van der Waals surface area contributed by atoms with Gasteiger partial charge in [-0.15, -0.1) is 0 Å². The summed E-state index contributed by atoms with van der Waals surface area (Å²) < 4.78 is 11.3. The van der Waals surface area contributed by atoms with Crippen LogP contribution in [0.15, 0.2) is 0 Å². The number of nitrogens with one attached hydrogen (secondary N) is 1. The zero-order valence-electron chi connectivity index (χ0n) is 9.00. The molecular formula is C11H21NO2. The van der Waals surface area contributed by atoms with Crippen LogP contribution in [0.25, 0.3) is 0 Å². The Morgan fingerprint density at radius 2 is 1.86 bits per heavy atom. The Morgan fingerprint density at radius 3 is 2.57 bits per heavy atom. The lowest BCUT2D eigenvalue weighted by molar-refractivity contribution is -0.0862. The first-order valence-electron chi connectivity index (χ1n) is 5.84. The van der Waals surface area contributed by atoms with Crippen molar-refractivity contribution in [3.63, 3.8) is 0 Å². The van der Waals surface area contributed by atoms with E-state index in [1.807, 2.05) is 0 Å². The minimum Gasteiger partial charge on any atom is -0.363 e. The molecule has 0 aromatic heterocycles. The van der Waals surface area contributed by atoms with Gasteiger partial charge in [-0.25, -0.2) is 0 Å². The van der Waals surface area contributed by atoms with Gasteiger partial charge in [0, 0.05) is 13.2 Å². The second-order valence-electron chi connectivity index (χ2n) is 4.51. The van der Waals surface area contributed by atoms with Gasteiger partial charge in [0.05, 0.1) is 0 Å². The Balaban J connectivity index is 1.72. The maximum absolute atomic E-state index is 5.66. The van der Waals surface area contributed by atoms with Crippen molar-refractivity contribution in [2.75, 3.05) is 13.2 Å². The number of ether oxygens (including phenoxy) is 2. The van der Waals surface area contributed by atoms with E-state index in [0.29, 0.717) is 0 Å². The van der Waals surface area contributed by atoms with Gasteiger partial charge in [0.2, 0.25) is 0 Å². The zero-order valence-corrected chi connectivity index (χ0v) is 9.00. The summed E-state index contributed by atoms with van der Waals surface area (Å²) in [6, 6.07) is 0. The van der Waals surface area contributed by atoms with E-state index in [9.17, 15) is 0 Å². The van der Waals surface area contributed by atoms with E-state index in [1.165, 1.54) is 19.3 Å². The average molecular weight is 199 g/mol. The van der Waals surface area contributed by atoms with E-state index in [-0.39, 0.29) is 12.5 Å². The van der Waals surface area contributed by atoms with Crippen LogP contribution in [-0.4, -0.2) is 25.7 Å². The second kappa shape index (κ2) is 5.10. The summed E-state index contributed by atoms with van der Waals surface area (Å²) in [7, 11) is 0. The van der Waals surface area contributed by atoms with Crippen molar-refractivity contribution >= 4 is 0 Å². The van der Waals surface area contributed by atoms with Crippen molar-refractivity contribution in [3.05, 3.63) is 0 Å². The predicted octanol–water partition coefficient (Wildman–Crippen LogP) is 1.88. The van der Waals surface area contributed by atoms with Crippen LogP contribution in [0.5, 0.6) is 0 Å². The SMILES string of the molecule is CC1CCOC(NC2CCCCO2)C1. The highest BCUT2D eigenvalue weighted by molar-refractivity contribution is 4.70. The van der Waals surface area contributed by atoms with Gasteiger partial charge in [-0.1, -0.05) is 6.92 Å². The first-order chi connectivity index (χ1) is 6.84. The van der Waals surface area contributed by atoms with Crippen LogP contribution in [0.4, 0.5) is 0 Å². The molecule has 14 heavy (non-hydrogen) atoms. The van der Waals surface area contributed by atoms with Gasteiger partial charge in [0.15, 0.2) is 0 Å². The van der Waals surface area contributed by atoms with Crippen molar-refractivity contribution in [2.45, 2.75) is 51.5 Å². The molecule has 0 spiro atoms. The second-order valence-corrected chi connectivity index (χ2v) is 4.51. The fourth-order valence-electron chi connectivity index (χ4n) is 2.16. The molecule has 0 aromatic carbocycles. The molecule has 2 rings (SSSR count). The van der Waals surface area contributed by atoms with Crippen molar-refractivity contribution in [1.82, 2.24) is 5.32 Å². The highest BCUT2D eigenvalue weighted by Crippen LogP contribution is 2.19. The smallest absolute Gasteiger partial charge is 0.110 e. The van der Waals surface area contributed by atoms with Crippen molar-refractivity contribution in [1.29, 1.82) is 0 Å². The number of rotatable bonds is 2. The highest BCUT2D eigenvalue weighted by atomic mass is 16.5. The van der Waals surface area contributed by atoms with Crippen molar-refractivity contribution < 1.29 is 9.47 Å². The largest absolute Gasteiger partial charge is 0.363 e. The summed E-state index contributed by atoms with van der Waals surface area (Å²) in [6.45, 7) is 4.09. The predicted molar refractivity (Wildman–Crippen MR) is 54.9 cm³/mol. The average Bonchev–Trinajstić information content (AvgIpc) is 2.19. The maximum Gasteiger partial charge on any atom is 0.110 e. The molecule has 2 fully saturated rings. The molecule has 82 valence electrons. The molecule has 3 nitrogen and oxygen atoms in total. The molecule has 0 aromatic rings. The van der Waals surface area contributed by atoms with Gasteiger partial charge in [0.1, 0.15) is 12.5 Å². The third kappa shape index (κ3) is 2.94. The van der Waals surface area contributed by atoms with E-state index in [0.717, 1.165) is 32.0 Å². The molecule has 3 unspecified atom stereocenters. The number of hydrogen-bond acceptors (Lipinski definition) is 3. The molecule has 0 radical (unpaired) electrons. The molecule has 2 aliphatic rings. The highest BCUT2D eigenvalue weighted by Gasteiger charge is 2.23. The molecule has 2 saturated heterocycles. The Labute approximate surface area is 86.2 Å². The fraction of sp³-hybridized carbons (Fsp3) is 1.00. The van der Waals surface area contributed by atoms with Crippen LogP contribution in [0, 0.1) is 5.92 Å². The zero-order chi connectivity index (χ0) is 9.80. The van der Waals surface area contributed by atoms with Crippen molar-refractivity contribution in [3.8, 4) is 0 Å². The summed E-state index contributed by atoms with van der Waals surface area (Å²) in [5.74, 6) is 0.782. The molecule has 0 saturated carbocycles. The third-order valence-electron chi connectivity index (χ3n) is 3.10. The van der Waals surface area contributed by atoms with Crippen LogP contribution < -0.4 is 5.32 Å². The molecule has 0 aliphatic carbocycles. The Morgan fingerprint density at radius 1 is 1.00 bits per heavy atom. The molecule has 3 heteroatoms. The first kappa shape index (κ1) is 10.4. The Hall–Kier alpha value is -0.120. The van der Waals surface area contributed by atoms with Gasteiger partial charge in [0.25, 0.3) is 0 Å². The van der Waals surface area contributed by atoms with Gasteiger partial charge < -0.3 is 9.47 Å². The van der Waals surface area contributed by atoms with Crippen LogP contribution in [0.2, 0.25) is 0 Å². The van der Waals surface area contributed by atoms with Crippen molar-refractivity contribution in [2.24, 2.45) is 5.92 Å². The lowest BCUT2D eigenvalue weighted by Gasteiger charge is -2.33. The quantitative estimate of drug-likeness (QED) is 0.736. The summed E-state index contributed by atoms with van der Waals surface area (Å²) in [5, 5.41) is 3.44. The van der Waals surface area contributed by atoms with Crippen LogP contribution in [0.3, 0.4) is 0 Å². The first-order valence-corrected chi connectivity index (χ1v) is 5.84. The molecule has 1 N–H and O–H groups in total. The normalized spacial score (nSPS) is 39.6. The Bertz CT molecular complexity index is 169. The Kier molecular flexibility index (Phi) is 3.79. The lowest BCUT2D eigenvalue weighted by atomic mass is 10.0. The maximum atomic E-state index is 5.66. The monoisotopic (exact) mass is 199 g/mol. The van der Waals surface area contributed by atoms with Gasteiger partial charge >= 0.3 is 0 Å². The molecular weight excluding hydrogens is 178 g/mol. The van der Waals surface area contributed by atoms with Gasteiger partial charge in [-0.05, 0) is 38.0 Å². The number of hydrogen-bond donors (Lipinski definition) is 1. The van der Waals surface area contributed by atoms with E-state index in [2.05, 4.69) is 12.2 Å². The van der Waals surface area contributed by atoms with Crippen LogP contribution in [-0.2, 0) is 9.47 Å². The molecule has 2 heterocycles. The van der Waals surface area contributed by atoms with Gasteiger partial charge in [-0.2, -0.15) is 0 Å². The summed E-state index contributed by atoms with van der Waals surface area (Å²) in [5.41, 5.74) is 0. The minimum absolute atomic E-state index is 0.224. The van der Waals surface area contributed by atoms with Gasteiger partial charge in [-0.3, -0.25) is 5.32 Å². The van der Waals surface area contributed by atoms with Crippen LogP contribution in [0.1, 0.15) is 39.0 Å². The van der Waals surface area contributed by atoms with E-state index in [4.69, 9.17) is 9.47 Å². The summed E-state index contributed by atoms with van der Waals surface area (Å²) >= 11 is 0. The summed E-state index contributed by atoms with van der Waals surface area (Å²) in [4.78, 5) is 0. The molecule has 0 amide bonds. The minimum atomic E-state index is 0.224. The molecule has 3 atom stereocenters. The standard InChI is InChI=1S/C11H21NO2/c1-9-5-7-14-11(8-9)12-10-4-2-3-6-13-10/h9-12H,2-8H2,1H3. The topological polar surface area (TPSA) is 30.5 Å². The fourth-order valence-corrected chi connectivity index (χ4v) is 2.16. The summed E-state index contributed by atoms with van der Waals surface area (Å²) in [6.07, 6.45) is 6.40. The lowest BCUT2D eigenvalue weighted by Crippen LogP contribution is -2.45. The third-order valence-corrected chi connectivity index (χ3v) is 3.10. The van der Waals surface area contributed by atoms with Crippen LogP contribution >= 0.6 is 0 Å². The van der Waals surface area contributed by atoms with E-state index >= 15 is 0 Å². The van der Waals surface area contributed by atoms with E-state index < -0.39 is 0 Å².